The maximum absolute atomic E-state index is 12.0. The first-order chi connectivity index (χ1) is 9.20. The second-order valence-electron chi connectivity index (χ2n) is 5.10. The van der Waals surface area contributed by atoms with Gasteiger partial charge in [0.25, 0.3) is 0 Å². The van der Waals surface area contributed by atoms with Crippen LogP contribution in [-0.2, 0) is 4.79 Å². The van der Waals surface area contributed by atoms with Gasteiger partial charge in [-0.15, -0.1) is 0 Å². The number of hydrogen-bond acceptors (Lipinski definition) is 3. The van der Waals surface area contributed by atoms with Crippen LogP contribution in [-0.4, -0.2) is 32.1 Å². The molecule has 2 atom stereocenters. The van der Waals surface area contributed by atoms with E-state index in [9.17, 15) is 4.79 Å². The highest BCUT2D eigenvalue weighted by Crippen LogP contribution is 2.28. The smallest absolute Gasteiger partial charge is 0.220 e. The lowest BCUT2D eigenvalue weighted by atomic mass is 9.96. The van der Waals surface area contributed by atoms with E-state index < -0.39 is 0 Å². The highest BCUT2D eigenvalue weighted by Gasteiger charge is 2.19. The first kappa shape index (κ1) is 13.9. The van der Waals surface area contributed by atoms with Crippen LogP contribution in [0.15, 0.2) is 24.3 Å². The summed E-state index contributed by atoms with van der Waals surface area (Å²) in [6.07, 6.45) is 1.52. The molecule has 0 bridgehead atoms. The molecule has 1 aliphatic rings. The zero-order chi connectivity index (χ0) is 13.7. The van der Waals surface area contributed by atoms with Gasteiger partial charge in [-0.2, -0.15) is 0 Å². The van der Waals surface area contributed by atoms with Gasteiger partial charge >= 0.3 is 0 Å². The third-order valence-corrected chi connectivity index (χ3v) is 3.59. The highest BCUT2D eigenvalue weighted by atomic mass is 16.5. The van der Waals surface area contributed by atoms with Crippen LogP contribution >= 0.6 is 0 Å². The Morgan fingerprint density at radius 2 is 2.32 bits per heavy atom. The number of methoxy groups -OCH3 is 1. The lowest BCUT2D eigenvalue weighted by Gasteiger charge is -2.17. The Labute approximate surface area is 114 Å². The molecule has 2 unspecified atom stereocenters. The molecular weight excluding hydrogens is 240 g/mol. The fourth-order valence-corrected chi connectivity index (χ4v) is 2.53. The van der Waals surface area contributed by atoms with E-state index >= 15 is 0 Å². The number of rotatable bonds is 5. The van der Waals surface area contributed by atoms with E-state index in [1.165, 1.54) is 0 Å². The number of nitrogens with one attached hydrogen (secondary N) is 2. The van der Waals surface area contributed by atoms with Crippen LogP contribution in [0.1, 0.15) is 31.2 Å². The van der Waals surface area contributed by atoms with Crippen LogP contribution < -0.4 is 15.4 Å². The quantitative estimate of drug-likeness (QED) is 0.848. The topological polar surface area (TPSA) is 50.4 Å². The number of amides is 1. The zero-order valence-corrected chi connectivity index (χ0v) is 11.6. The summed E-state index contributed by atoms with van der Waals surface area (Å²) in [4.78, 5) is 12.0. The predicted molar refractivity (Wildman–Crippen MR) is 75.4 cm³/mol. The van der Waals surface area contributed by atoms with Crippen molar-refractivity contribution in [2.24, 2.45) is 0 Å². The van der Waals surface area contributed by atoms with Crippen molar-refractivity contribution in [2.45, 2.75) is 31.7 Å². The minimum atomic E-state index is 0.118. The largest absolute Gasteiger partial charge is 0.496 e. The summed E-state index contributed by atoms with van der Waals surface area (Å²) >= 11 is 0. The molecule has 0 saturated carbocycles. The molecule has 1 aliphatic heterocycles. The molecule has 1 saturated heterocycles. The fraction of sp³-hybridized carbons (Fsp3) is 0.533. The molecule has 0 aromatic heterocycles. The highest BCUT2D eigenvalue weighted by molar-refractivity contribution is 5.77. The minimum Gasteiger partial charge on any atom is -0.496 e. The lowest BCUT2D eigenvalue weighted by molar-refractivity contribution is -0.122. The van der Waals surface area contributed by atoms with Gasteiger partial charge in [0, 0.05) is 19.0 Å². The summed E-state index contributed by atoms with van der Waals surface area (Å²) in [7, 11) is 1.66. The molecule has 2 N–H and O–H groups in total. The van der Waals surface area contributed by atoms with Gasteiger partial charge in [0.1, 0.15) is 5.75 Å². The molecule has 1 heterocycles. The van der Waals surface area contributed by atoms with Gasteiger partial charge in [0.2, 0.25) is 5.91 Å². The molecular formula is C15H22N2O2. The maximum atomic E-state index is 12.0. The summed E-state index contributed by atoms with van der Waals surface area (Å²) in [5, 5.41) is 6.32. The molecule has 1 aromatic rings. The second-order valence-corrected chi connectivity index (χ2v) is 5.10. The van der Waals surface area contributed by atoms with Crippen molar-refractivity contribution in [3.05, 3.63) is 29.8 Å². The average Bonchev–Trinajstić information content (AvgIpc) is 2.91. The summed E-state index contributed by atoms with van der Waals surface area (Å²) in [6.45, 7) is 3.94. The van der Waals surface area contributed by atoms with Crippen LogP contribution in [0, 0.1) is 0 Å². The Bertz CT molecular complexity index is 428. The number of benzene rings is 1. The Morgan fingerprint density at radius 3 is 3.00 bits per heavy atom. The van der Waals surface area contributed by atoms with Gasteiger partial charge < -0.3 is 15.4 Å². The summed E-state index contributed by atoms with van der Waals surface area (Å²) in [5.41, 5.74) is 1.09. The molecule has 4 heteroatoms. The number of hydrogen-bond donors (Lipinski definition) is 2. The average molecular weight is 262 g/mol. The minimum absolute atomic E-state index is 0.118. The SMILES string of the molecule is COc1ccccc1C(C)CC(=O)NC1CCNC1. The van der Waals surface area contributed by atoms with E-state index in [-0.39, 0.29) is 17.9 Å². The Kier molecular flexibility index (Phi) is 4.80. The standard InChI is InChI=1S/C15H22N2O2/c1-11(13-5-3-4-6-14(13)19-2)9-15(18)17-12-7-8-16-10-12/h3-6,11-12,16H,7-10H2,1-2H3,(H,17,18). The molecule has 1 fully saturated rings. The van der Waals surface area contributed by atoms with Crippen LogP contribution in [0.3, 0.4) is 0 Å². The van der Waals surface area contributed by atoms with E-state index in [0.717, 1.165) is 30.8 Å². The van der Waals surface area contributed by atoms with E-state index in [0.29, 0.717) is 6.42 Å². The van der Waals surface area contributed by atoms with Gasteiger partial charge in [0.15, 0.2) is 0 Å². The molecule has 104 valence electrons. The zero-order valence-electron chi connectivity index (χ0n) is 11.6. The van der Waals surface area contributed by atoms with Crippen molar-refractivity contribution in [3.8, 4) is 5.75 Å². The van der Waals surface area contributed by atoms with Gasteiger partial charge in [-0.05, 0) is 30.5 Å². The first-order valence-corrected chi connectivity index (χ1v) is 6.83. The van der Waals surface area contributed by atoms with Crippen molar-refractivity contribution >= 4 is 5.91 Å². The van der Waals surface area contributed by atoms with E-state index in [4.69, 9.17) is 4.74 Å². The van der Waals surface area contributed by atoms with Crippen molar-refractivity contribution in [1.82, 2.24) is 10.6 Å². The van der Waals surface area contributed by atoms with Crippen molar-refractivity contribution < 1.29 is 9.53 Å². The second kappa shape index (κ2) is 6.57. The van der Waals surface area contributed by atoms with E-state index in [1.807, 2.05) is 24.3 Å². The number of carbonyl (C=O) groups is 1. The van der Waals surface area contributed by atoms with Gasteiger partial charge in [-0.1, -0.05) is 25.1 Å². The monoisotopic (exact) mass is 262 g/mol. The normalized spacial score (nSPS) is 20.0. The molecule has 1 aromatic carbocycles. The maximum Gasteiger partial charge on any atom is 0.220 e. The Balaban J connectivity index is 1.92. The third-order valence-electron chi connectivity index (χ3n) is 3.59. The van der Waals surface area contributed by atoms with Crippen molar-refractivity contribution in [1.29, 1.82) is 0 Å². The first-order valence-electron chi connectivity index (χ1n) is 6.83. The molecule has 1 amide bonds. The molecule has 0 aliphatic carbocycles. The van der Waals surface area contributed by atoms with E-state index in [2.05, 4.69) is 17.6 Å². The van der Waals surface area contributed by atoms with Crippen molar-refractivity contribution in [2.75, 3.05) is 20.2 Å². The van der Waals surface area contributed by atoms with Crippen LogP contribution in [0.4, 0.5) is 0 Å². The van der Waals surface area contributed by atoms with E-state index in [1.54, 1.807) is 7.11 Å². The van der Waals surface area contributed by atoms with Gasteiger partial charge in [0.05, 0.1) is 7.11 Å². The van der Waals surface area contributed by atoms with Crippen LogP contribution in [0.25, 0.3) is 0 Å². The Morgan fingerprint density at radius 1 is 1.53 bits per heavy atom. The van der Waals surface area contributed by atoms with Gasteiger partial charge in [-0.25, -0.2) is 0 Å². The number of para-hydroxylation sites is 1. The molecule has 19 heavy (non-hydrogen) atoms. The van der Waals surface area contributed by atoms with Crippen LogP contribution in [0.2, 0.25) is 0 Å². The molecule has 2 rings (SSSR count). The summed E-state index contributed by atoms with van der Waals surface area (Å²) in [5.74, 6) is 1.13. The lowest BCUT2D eigenvalue weighted by Crippen LogP contribution is -2.36. The number of carbonyl (C=O) groups excluding carboxylic acids is 1. The van der Waals surface area contributed by atoms with Gasteiger partial charge in [-0.3, -0.25) is 4.79 Å². The molecule has 4 nitrogen and oxygen atoms in total. The fourth-order valence-electron chi connectivity index (χ4n) is 2.53. The summed E-state index contributed by atoms with van der Waals surface area (Å²) in [6, 6.07) is 8.17. The summed E-state index contributed by atoms with van der Waals surface area (Å²) < 4.78 is 5.34. The third kappa shape index (κ3) is 3.70. The Hall–Kier alpha value is -1.55. The van der Waals surface area contributed by atoms with Crippen molar-refractivity contribution in [3.63, 3.8) is 0 Å². The molecule has 0 spiro atoms. The van der Waals surface area contributed by atoms with Crippen LogP contribution in [0.5, 0.6) is 5.75 Å². The predicted octanol–water partition coefficient (Wildman–Crippen LogP) is 1.67. The number of ether oxygens (including phenoxy) is 1. The molecule has 0 radical (unpaired) electrons.